The Kier molecular flexibility index (Phi) is 8.48. The van der Waals surface area contributed by atoms with Gasteiger partial charge in [-0.25, -0.2) is 0 Å². The Morgan fingerprint density at radius 1 is 1.10 bits per heavy atom. The molecule has 0 saturated carbocycles. The van der Waals surface area contributed by atoms with Gasteiger partial charge in [0, 0.05) is 31.6 Å². The van der Waals surface area contributed by atoms with E-state index in [1.807, 2.05) is 23.1 Å². The summed E-state index contributed by atoms with van der Waals surface area (Å²) in [6.45, 7) is 1.66. The summed E-state index contributed by atoms with van der Waals surface area (Å²) in [5.41, 5.74) is 1.84. The molecule has 116 valence electrons. The number of methoxy groups -OCH3 is 1. The molecule has 0 spiro atoms. The maximum absolute atomic E-state index is 9.08. The molecule has 0 fully saturated rings. The molecule has 0 amide bonds. The lowest BCUT2D eigenvalue weighted by atomic mass is 10.1. The lowest BCUT2D eigenvalue weighted by molar-refractivity contribution is 0.155. The highest BCUT2D eigenvalue weighted by molar-refractivity contribution is 5.45. The van der Waals surface area contributed by atoms with E-state index in [0.29, 0.717) is 26.1 Å². The Hall–Kier alpha value is -1.58. The molecule has 0 radical (unpaired) electrons. The quantitative estimate of drug-likeness (QED) is 0.598. The highest BCUT2D eigenvalue weighted by Crippen LogP contribution is 2.19. The van der Waals surface area contributed by atoms with Crippen LogP contribution >= 0.6 is 0 Å². The lowest BCUT2D eigenvalue weighted by Gasteiger charge is -2.21. The van der Waals surface area contributed by atoms with E-state index < -0.39 is 0 Å². The van der Waals surface area contributed by atoms with Gasteiger partial charge in [-0.2, -0.15) is 0 Å². The van der Waals surface area contributed by atoms with Crippen molar-refractivity contribution in [3.63, 3.8) is 0 Å². The number of hydrogen-bond donors (Lipinski definition) is 3. The molecule has 0 aliphatic rings. The van der Waals surface area contributed by atoms with Crippen molar-refractivity contribution in [1.29, 1.82) is 0 Å². The number of aliphatic hydroxyl groups is 3. The zero-order valence-electron chi connectivity index (χ0n) is 12.4. The standard InChI is InChI=1S/C16H23NO4/c1-21-16-6-5-14(4-2-3-9-18)15(12-16)13-17(7-10-19)8-11-20/h5-6,12,18-20H,3,7-11,13H2,1H3. The third-order valence-corrected chi connectivity index (χ3v) is 3.00. The maximum atomic E-state index is 9.08. The Labute approximate surface area is 125 Å². The zero-order valence-corrected chi connectivity index (χ0v) is 12.4. The van der Waals surface area contributed by atoms with Gasteiger partial charge in [0.2, 0.25) is 0 Å². The van der Waals surface area contributed by atoms with Crippen molar-refractivity contribution < 1.29 is 20.1 Å². The topological polar surface area (TPSA) is 73.2 Å². The number of nitrogens with zero attached hydrogens (tertiary/aromatic N) is 1. The van der Waals surface area contributed by atoms with Gasteiger partial charge < -0.3 is 20.1 Å². The Morgan fingerprint density at radius 2 is 1.81 bits per heavy atom. The maximum Gasteiger partial charge on any atom is 0.119 e. The van der Waals surface area contributed by atoms with Crippen molar-refractivity contribution in [1.82, 2.24) is 4.90 Å². The zero-order chi connectivity index (χ0) is 15.5. The van der Waals surface area contributed by atoms with Gasteiger partial charge in [0.05, 0.1) is 26.9 Å². The summed E-state index contributed by atoms with van der Waals surface area (Å²) < 4.78 is 5.23. The highest BCUT2D eigenvalue weighted by Gasteiger charge is 2.09. The van der Waals surface area contributed by atoms with Crippen LogP contribution in [-0.2, 0) is 6.54 Å². The van der Waals surface area contributed by atoms with Crippen molar-refractivity contribution in [3.8, 4) is 17.6 Å². The SMILES string of the molecule is COc1ccc(C#CCCO)c(CN(CCO)CCO)c1. The average Bonchev–Trinajstić information content (AvgIpc) is 2.49. The molecule has 5 nitrogen and oxygen atoms in total. The second-order valence-corrected chi connectivity index (χ2v) is 4.52. The number of rotatable bonds is 8. The van der Waals surface area contributed by atoms with E-state index in [9.17, 15) is 0 Å². The first-order chi connectivity index (χ1) is 10.2. The van der Waals surface area contributed by atoms with Gasteiger partial charge in [0.25, 0.3) is 0 Å². The van der Waals surface area contributed by atoms with Crippen LogP contribution in [0.4, 0.5) is 0 Å². The first kappa shape index (κ1) is 17.5. The second-order valence-electron chi connectivity index (χ2n) is 4.52. The van der Waals surface area contributed by atoms with Crippen molar-refractivity contribution in [3.05, 3.63) is 29.3 Å². The molecule has 21 heavy (non-hydrogen) atoms. The molecule has 1 aromatic carbocycles. The molecule has 5 heteroatoms. The van der Waals surface area contributed by atoms with Crippen LogP contribution in [0.5, 0.6) is 5.75 Å². The molecule has 0 saturated heterocycles. The summed E-state index contributed by atoms with van der Waals surface area (Å²) in [7, 11) is 1.61. The minimum Gasteiger partial charge on any atom is -0.497 e. The first-order valence-corrected chi connectivity index (χ1v) is 6.95. The fraction of sp³-hybridized carbons (Fsp3) is 0.500. The fourth-order valence-corrected chi connectivity index (χ4v) is 1.96. The predicted molar refractivity (Wildman–Crippen MR) is 81.0 cm³/mol. The minimum absolute atomic E-state index is 0.0372. The van der Waals surface area contributed by atoms with Crippen LogP contribution in [0.3, 0.4) is 0 Å². The van der Waals surface area contributed by atoms with Crippen molar-refractivity contribution >= 4 is 0 Å². The lowest BCUT2D eigenvalue weighted by Crippen LogP contribution is -2.29. The van der Waals surface area contributed by atoms with Crippen LogP contribution in [0.25, 0.3) is 0 Å². The smallest absolute Gasteiger partial charge is 0.119 e. The number of hydrogen-bond acceptors (Lipinski definition) is 5. The van der Waals surface area contributed by atoms with E-state index >= 15 is 0 Å². The summed E-state index contributed by atoms with van der Waals surface area (Å²) in [4.78, 5) is 1.95. The van der Waals surface area contributed by atoms with Gasteiger partial charge in [0.15, 0.2) is 0 Å². The van der Waals surface area contributed by atoms with Gasteiger partial charge in [-0.1, -0.05) is 11.8 Å². The van der Waals surface area contributed by atoms with Crippen LogP contribution in [-0.4, -0.2) is 60.2 Å². The largest absolute Gasteiger partial charge is 0.497 e. The van der Waals surface area contributed by atoms with Crippen LogP contribution in [0.2, 0.25) is 0 Å². The van der Waals surface area contributed by atoms with Crippen LogP contribution in [0.15, 0.2) is 18.2 Å². The Morgan fingerprint density at radius 3 is 2.38 bits per heavy atom. The third kappa shape index (κ3) is 6.15. The molecule has 0 atom stereocenters. The van der Waals surface area contributed by atoms with E-state index in [2.05, 4.69) is 11.8 Å². The number of ether oxygens (including phenoxy) is 1. The van der Waals surface area contributed by atoms with Crippen molar-refractivity contribution in [2.24, 2.45) is 0 Å². The minimum atomic E-state index is 0.0372. The van der Waals surface area contributed by atoms with Crippen LogP contribution < -0.4 is 4.74 Å². The van der Waals surface area contributed by atoms with Crippen molar-refractivity contribution in [2.75, 3.05) is 40.0 Å². The molecule has 1 aromatic rings. The molecule has 0 unspecified atom stereocenters. The first-order valence-electron chi connectivity index (χ1n) is 6.95. The molecule has 0 heterocycles. The monoisotopic (exact) mass is 293 g/mol. The Bertz CT molecular complexity index is 473. The third-order valence-electron chi connectivity index (χ3n) is 3.00. The molecular weight excluding hydrogens is 270 g/mol. The second kappa shape index (κ2) is 10.2. The molecule has 3 N–H and O–H groups in total. The highest BCUT2D eigenvalue weighted by atomic mass is 16.5. The predicted octanol–water partition coefficient (Wildman–Crippen LogP) is 0.216. The molecule has 0 aliphatic heterocycles. The normalized spacial score (nSPS) is 10.3. The van der Waals surface area contributed by atoms with E-state index in [1.165, 1.54) is 0 Å². The summed E-state index contributed by atoms with van der Waals surface area (Å²) in [6.07, 6.45) is 0.433. The summed E-state index contributed by atoms with van der Waals surface area (Å²) in [5, 5.41) is 27.0. The van der Waals surface area contributed by atoms with Gasteiger partial charge in [-0.05, 0) is 23.8 Å². The van der Waals surface area contributed by atoms with Crippen LogP contribution in [0.1, 0.15) is 17.5 Å². The summed E-state index contributed by atoms with van der Waals surface area (Å²) >= 11 is 0. The van der Waals surface area contributed by atoms with E-state index in [1.54, 1.807) is 7.11 Å². The van der Waals surface area contributed by atoms with E-state index in [4.69, 9.17) is 20.1 Å². The number of benzene rings is 1. The molecule has 0 aromatic heterocycles. The van der Waals surface area contributed by atoms with E-state index in [0.717, 1.165) is 16.9 Å². The molecular formula is C16H23NO4. The summed E-state index contributed by atoms with van der Waals surface area (Å²) in [5.74, 6) is 6.69. The molecule has 0 bridgehead atoms. The van der Waals surface area contributed by atoms with Gasteiger partial charge in [-0.15, -0.1) is 0 Å². The van der Waals surface area contributed by atoms with Crippen molar-refractivity contribution in [2.45, 2.75) is 13.0 Å². The molecule has 0 aliphatic carbocycles. The Balaban J connectivity index is 2.97. The average molecular weight is 293 g/mol. The molecule has 1 rings (SSSR count). The van der Waals surface area contributed by atoms with Gasteiger partial charge in [0.1, 0.15) is 5.75 Å². The van der Waals surface area contributed by atoms with Gasteiger partial charge >= 0.3 is 0 Å². The number of aliphatic hydroxyl groups excluding tert-OH is 3. The summed E-state index contributed by atoms with van der Waals surface area (Å²) in [6, 6.07) is 5.63. The fourth-order valence-electron chi connectivity index (χ4n) is 1.96. The van der Waals surface area contributed by atoms with E-state index in [-0.39, 0.29) is 19.8 Å². The van der Waals surface area contributed by atoms with Crippen LogP contribution in [0, 0.1) is 11.8 Å². The van der Waals surface area contributed by atoms with Gasteiger partial charge in [-0.3, -0.25) is 4.90 Å².